The molecule has 0 aromatic carbocycles. The number of ether oxygens (including phenoxy) is 3. The molecule has 8 rings (SSSR count). The van der Waals surface area contributed by atoms with Gasteiger partial charge in [0.15, 0.2) is 6.29 Å². The van der Waals surface area contributed by atoms with Crippen molar-refractivity contribution in [1.82, 2.24) is 4.90 Å². The van der Waals surface area contributed by atoms with Crippen LogP contribution in [0.5, 0.6) is 0 Å². The Morgan fingerprint density at radius 2 is 1.70 bits per heavy atom. The number of rotatable bonds is 5. The van der Waals surface area contributed by atoms with Gasteiger partial charge < -0.3 is 34.4 Å². The molecule has 0 radical (unpaired) electrons. The fraction of sp³-hybridized carbons (Fsp3) is 0.974. The van der Waals surface area contributed by atoms with E-state index in [0.717, 1.165) is 38.5 Å². The summed E-state index contributed by atoms with van der Waals surface area (Å²) in [5.74, 6) is 2.05. The van der Waals surface area contributed by atoms with Crippen molar-refractivity contribution >= 4 is 5.91 Å². The molecule has 0 bridgehead atoms. The lowest BCUT2D eigenvalue weighted by molar-refractivity contribution is -0.248. The number of aliphatic hydroxyl groups is 3. The fourth-order valence-electron chi connectivity index (χ4n) is 14.2. The SMILES string of the molecule is C[C@@H]1CC(C(O)C(C)(C)O)OC2[C@H]1C1(C)CCC34CC35CCC(O[C@H]3CN(C(=O)C6CCC6)CCO3)C(C)(C)[C@@H]5CCC4[C@]1(C)[C@H]2O. The molecule has 2 spiro atoms. The summed E-state index contributed by atoms with van der Waals surface area (Å²) in [6, 6.07) is 0. The predicted octanol–water partition coefficient (Wildman–Crippen LogP) is 5.30. The van der Waals surface area contributed by atoms with Crippen LogP contribution in [-0.2, 0) is 19.0 Å². The maximum atomic E-state index is 13.0. The Bertz CT molecular complexity index is 1260. The van der Waals surface area contributed by atoms with Crippen molar-refractivity contribution in [3.8, 4) is 0 Å². The second-order valence-electron chi connectivity index (χ2n) is 19.5. The maximum absolute atomic E-state index is 13.0. The number of hydrogen-bond donors (Lipinski definition) is 3. The first kappa shape index (κ1) is 33.4. The number of aliphatic hydroxyl groups excluding tert-OH is 2. The smallest absolute Gasteiger partial charge is 0.225 e. The van der Waals surface area contributed by atoms with Crippen molar-refractivity contribution in [2.45, 2.75) is 162 Å². The van der Waals surface area contributed by atoms with E-state index in [1.807, 2.05) is 4.90 Å². The van der Waals surface area contributed by atoms with Crippen molar-refractivity contribution in [3.63, 3.8) is 0 Å². The molecule has 14 atom stereocenters. The highest BCUT2D eigenvalue weighted by Crippen LogP contribution is 2.89. The molecule has 2 heterocycles. The summed E-state index contributed by atoms with van der Waals surface area (Å²) >= 11 is 0. The molecule has 0 aromatic rings. The number of carbonyl (C=O) groups excluding carboxylic acids is 1. The number of fused-ring (bicyclic) bond motifs is 4. The van der Waals surface area contributed by atoms with Crippen molar-refractivity contribution in [3.05, 3.63) is 0 Å². The van der Waals surface area contributed by atoms with Gasteiger partial charge in [-0.3, -0.25) is 4.79 Å². The van der Waals surface area contributed by atoms with Gasteiger partial charge in [0.2, 0.25) is 5.91 Å². The Morgan fingerprint density at radius 3 is 2.38 bits per heavy atom. The van der Waals surface area contributed by atoms with Crippen LogP contribution in [0.25, 0.3) is 0 Å². The Hall–Kier alpha value is -0.770. The second kappa shape index (κ2) is 10.6. The van der Waals surface area contributed by atoms with Gasteiger partial charge in [0.05, 0.1) is 43.2 Å². The van der Waals surface area contributed by atoms with Gasteiger partial charge in [0, 0.05) is 17.9 Å². The molecule has 6 saturated carbocycles. The zero-order valence-electron chi connectivity index (χ0n) is 30.2. The summed E-state index contributed by atoms with van der Waals surface area (Å²) in [7, 11) is 0. The molecule has 1 amide bonds. The minimum absolute atomic E-state index is 0.00163. The quantitative estimate of drug-likeness (QED) is 0.368. The summed E-state index contributed by atoms with van der Waals surface area (Å²) in [5, 5.41) is 34.1. The molecule has 8 nitrogen and oxygen atoms in total. The van der Waals surface area contributed by atoms with Gasteiger partial charge in [0.25, 0.3) is 0 Å². The third-order valence-electron chi connectivity index (χ3n) is 17.0. The van der Waals surface area contributed by atoms with Crippen LogP contribution in [0.3, 0.4) is 0 Å². The fourth-order valence-corrected chi connectivity index (χ4v) is 14.2. The lowest BCUT2D eigenvalue weighted by Gasteiger charge is -2.64. The summed E-state index contributed by atoms with van der Waals surface area (Å²) in [4.78, 5) is 15.0. The highest BCUT2D eigenvalue weighted by Gasteiger charge is 2.84. The van der Waals surface area contributed by atoms with Crippen LogP contribution < -0.4 is 0 Å². The van der Waals surface area contributed by atoms with Gasteiger partial charge in [-0.1, -0.05) is 41.0 Å². The third kappa shape index (κ3) is 4.36. The van der Waals surface area contributed by atoms with Gasteiger partial charge in [-0.2, -0.15) is 0 Å². The van der Waals surface area contributed by atoms with Gasteiger partial charge in [-0.05, 0) is 123 Å². The normalized spacial score (nSPS) is 52.6. The number of nitrogens with zero attached hydrogens (tertiary/aromatic N) is 1. The molecule has 47 heavy (non-hydrogen) atoms. The third-order valence-corrected chi connectivity index (χ3v) is 17.0. The largest absolute Gasteiger partial charge is 0.390 e. The van der Waals surface area contributed by atoms with E-state index in [2.05, 4.69) is 34.6 Å². The summed E-state index contributed by atoms with van der Waals surface area (Å²) in [5.41, 5.74) is -1.01. The van der Waals surface area contributed by atoms with E-state index >= 15 is 0 Å². The van der Waals surface area contributed by atoms with Crippen LogP contribution in [0, 0.1) is 56.7 Å². The number of carbonyl (C=O) groups is 1. The average Bonchev–Trinajstić information content (AvgIpc) is 3.61. The summed E-state index contributed by atoms with van der Waals surface area (Å²) in [6.45, 7) is 17.1. The molecule has 6 aliphatic carbocycles. The molecular formula is C39H63NO7. The minimum atomic E-state index is -1.25. The topological polar surface area (TPSA) is 109 Å². The Morgan fingerprint density at radius 1 is 1.00 bits per heavy atom. The van der Waals surface area contributed by atoms with E-state index in [1.54, 1.807) is 13.8 Å². The van der Waals surface area contributed by atoms with Crippen LogP contribution in [0.1, 0.15) is 119 Å². The lowest BCUT2D eigenvalue weighted by atomic mass is 9.41. The van der Waals surface area contributed by atoms with Crippen molar-refractivity contribution in [2.75, 3.05) is 19.7 Å². The van der Waals surface area contributed by atoms with Crippen LogP contribution in [-0.4, -0.2) is 88.2 Å². The van der Waals surface area contributed by atoms with Crippen LogP contribution >= 0.6 is 0 Å². The standard InChI is InChI=1S/C39H63NO7/c1-22-19-24(31(41)35(4,5)44)46-30-29(22)36(6)15-16-39-21-38(39)14-13-27(34(2,3)25(38)11-12-26(39)37(36,7)32(30)42)47-28-20-40(17-18-45-28)33(43)23-9-8-10-23/h22-32,41-42,44H,8-21H2,1-7H3/t22-,24?,25+,26?,27?,28+,29+,30?,31?,32+,36?,37-,38?,39?/m1/s1. The highest BCUT2D eigenvalue weighted by molar-refractivity contribution is 5.79. The molecule has 8 aliphatic rings. The Labute approximate surface area is 282 Å². The van der Waals surface area contributed by atoms with Crippen molar-refractivity contribution in [1.29, 1.82) is 0 Å². The molecular weight excluding hydrogens is 594 g/mol. The maximum Gasteiger partial charge on any atom is 0.225 e. The van der Waals surface area contributed by atoms with Crippen LogP contribution in [0.15, 0.2) is 0 Å². The van der Waals surface area contributed by atoms with E-state index in [9.17, 15) is 20.1 Å². The molecule has 2 aliphatic heterocycles. The van der Waals surface area contributed by atoms with E-state index in [0.29, 0.717) is 55.2 Å². The average molecular weight is 658 g/mol. The van der Waals surface area contributed by atoms with Gasteiger partial charge in [-0.15, -0.1) is 0 Å². The first-order valence-electron chi connectivity index (χ1n) is 19.3. The van der Waals surface area contributed by atoms with Gasteiger partial charge in [-0.25, -0.2) is 0 Å². The lowest BCUT2D eigenvalue weighted by Crippen LogP contribution is -2.60. The first-order valence-corrected chi connectivity index (χ1v) is 19.3. The van der Waals surface area contributed by atoms with Crippen LogP contribution in [0.4, 0.5) is 0 Å². The van der Waals surface area contributed by atoms with Crippen molar-refractivity contribution < 1.29 is 34.3 Å². The molecule has 2 saturated heterocycles. The molecule has 3 N–H and O–H groups in total. The van der Waals surface area contributed by atoms with E-state index in [4.69, 9.17) is 14.2 Å². The molecule has 8 unspecified atom stereocenters. The molecule has 266 valence electrons. The van der Waals surface area contributed by atoms with Gasteiger partial charge >= 0.3 is 0 Å². The number of morpholine rings is 1. The van der Waals surface area contributed by atoms with E-state index < -0.39 is 23.9 Å². The number of hydrogen-bond acceptors (Lipinski definition) is 7. The second-order valence-corrected chi connectivity index (χ2v) is 19.5. The van der Waals surface area contributed by atoms with E-state index in [-0.39, 0.29) is 52.0 Å². The van der Waals surface area contributed by atoms with Gasteiger partial charge in [0.1, 0.15) is 6.10 Å². The van der Waals surface area contributed by atoms with Crippen molar-refractivity contribution in [2.24, 2.45) is 56.7 Å². The predicted molar refractivity (Wildman–Crippen MR) is 177 cm³/mol. The molecule has 8 heteroatoms. The minimum Gasteiger partial charge on any atom is -0.390 e. The van der Waals surface area contributed by atoms with Crippen LogP contribution in [0.2, 0.25) is 0 Å². The highest BCUT2D eigenvalue weighted by atomic mass is 16.7. The Kier molecular flexibility index (Phi) is 7.55. The molecule has 8 fully saturated rings. The monoisotopic (exact) mass is 657 g/mol. The molecule has 0 aromatic heterocycles. The Balaban J connectivity index is 1.01. The summed E-state index contributed by atoms with van der Waals surface area (Å²) < 4.78 is 19.7. The summed E-state index contributed by atoms with van der Waals surface area (Å²) in [6.07, 6.45) is 9.39. The zero-order valence-corrected chi connectivity index (χ0v) is 30.2. The first-order chi connectivity index (χ1) is 22.0. The van der Waals surface area contributed by atoms with E-state index in [1.165, 1.54) is 25.7 Å². The zero-order chi connectivity index (χ0) is 33.5. The number of amides is 1.